The Morgan fingerprint density at radius 3 is 2.50 bits per heavy atom. The van der Waals surface area contributed by atoms with Gasteiger partial charge < -0.3 is 14.5 Å². The molecule has 1 N–H and O–H groups in total. The number of hydrogen-bond donors (Lipinski definition) is 1. The van der Waals surface area contributed by atoms with E-state index in [1.807, 2.05) is 37.3 Å². The van der Waals surface area contributed by atoms with E-state index >= 15 is 0 Å². The van der Waals surface area contributed by atoms with Crippen molar-refractivity contribution in [1.29, 1.82) is 0 Å². The van der Waals surface area contributed by atoms with Crippen molar-refractivity contribution in [2.75, 3.05) is 11.9 Å². The third-order valence-electron chi connectivity index (χ3n) is 4.53. The molecule has 1 aromatic heterocycles. The molecule has 0 saturated carbocycles. The summed E-state index contributed by atoms with van der Waals surface area (Å²) in [5, 5.41) is 3.44. The van der Waals surface area contributed by atoms with E-state index in [2.05, 4.69) is 5.32 Å². The minimum atomic E-state index is -0.388. The Labute approximate surface area is 177 Å². The lowest BCUT2D eigenvalue weighted by atomic mass is 10.1. The molecule has 5 nitrogen and oxygen atoms in total. The van der Waals surface area contributed by atoms with Crippen molar-refractivity contribution in [3.8, 4) is 17.1 Å². The van der Waals surface area contributed by atoms with Gasteiger partial charge in [0.2, 0.25) is 11.2 Å². The van der Waals surface area contributed by atoms with E-state index in [-0.39, 0.29) is 34.8 Å². The Morgan fingerprint density at radius 1 is 1.03 bits per heavy atom. The lowest BCUT2D eigenvalue weighted by Crippen LogP contribution is -2.22. The summed E-state index contributed by atoms with van der Waals surface area (Å²) < 4.78 is 11.6. The Balaban J connectivity index is 1.67. The second-order valence-corrected chi connectivity index (χ2v) is 7.24. The van der Waals surface area contributed by atoms with Crippen LogP contribution in [0, 0.1) is 6.92 Å². The van der Waals surface area contributed by atoms with Gasteiger partial charge in [0.15, 0.2) is 12.4 Å². The molecule has 0 aliphatic rings. The fourth-order valence-electron chi connectivity index (χ4n) is 3.03. The van der Waals surface area contributed by atoms with Gasteiger partial charge in [0.25, 0.3) is 5.91 Å². The van der Waals surface area contributed by atoms with Gasteiger partial charge in [-0.05, 0) is 37.3 Å². The number of aryl methyl sites for hydroxylation is 1. The van der Waals surface area contributed by atoms with Crippen LogP contribution in [-0.4, -0.2) is 12.5 Å². The minimum Gasteiger partial charge on any atom is -0.476 e. The molecule has 150 valence electrons. The zero-order valence-electron chi connectivity index (χ0n) is 16.1. The number of anilines is 1. The number of hydrogen-bond acceptors (Lipinski definition) is 4. The van der Waals surface area contributed by atoms with Crippen molar-refractivity contribution in [1.82, 2.24) is 0 Å². The first-order valence-electron chi connectivity index (χ1n) is 9.32. The maximum atomic E-state index is 13.1. The van der Waals surface area contributed by atoms with E-state index in [4.69, 9.17) is 20.8 Å². The van der Waals surface area contributed by atoms with Gasteiger partial charge in [-0.25, -0.2) is 0 Å². The zero-order chi connectivity index (χ0) is 21.1. The predicted molar refractivity (Wildman–Crippen MR) is 118 cm³/mol. The fourth-order valence-corrected chi connectivity index (χ4v) is 3.20. The highest BCUT2D eigenvalue weighted by atomic mass is 35.5. The van der Waals surface area contributed by atoms with Crippen LogP contribution in [0.1, 0.15) is 5.56 Å². The highest BCUT2D eigenvalue weighted by Crippen LogP contribution is 2.31. The molecule has 1 heterocycles. The summed E-state index contributed by atoms with van der Waals surface area (Å²) in [5.74, 6) is -0.156. The summed E-state index contributed by atoms with van der Waals surface area (Å²) in [6.45, 7) is 1.62. The number of amides is 1. The monoisotopic (exact) mass is 419 g/mol. The number of ether oxygens (including phenoxy) is 1. The highest BCUT2D eigenvalue weighted by Gasteiger charge is 2.19. The first kappa shape index (κ1) is 19.7. The van der Waals surface area contributed by atoms with Crippen LogP contribution in [0.3, 0.4) is 0 Å². The Kier molecular flexibility index (Phi) is 5.55. The van der Waals surface area contributed by atoms with Gasteiger partial charge in [-0.1, -0.05) is 59.6 Å². The second kappa shape index (κ2) is 8.43. The fraction of sp³-hybridized carbons (Fsp3) is 0.0833. The molecule has 0 atom stereocenters. The van der Waals surface area contributed by atoms with Crippen LogP contribution in [0.2, 0.25) is 5.02 Å². The van der Waals surface area contributed by atoms with Crippen molar-refractivity contribution in [2.24, 2.45) is 0 Å². The van der Waals surface area contributed by atoms with Crippen molar-refractivity contribution in [3.05, 3.63) is 93.6 Å². The topological polar surface area (TPSA) is 68.5 Å². The summed E-state index contributed by atoms with van der Waals surface area (Å²) in [6.07, 6.45) is 0. The largest absolute Gasteiger partial charge is 0.476 e. The van der Waals surface area contributed by atoms with Crippen LogP contribution in [-0.2, 0) is 4.79 Å². The summed E-state index contributed by atoms with van der Waals surface area (Å²) in [6, 6.07) is 21.3. The summed E-state index contributed by atoms with van der Waals surface area (Å²) >= 11 is 6.04. The van der Waals surface area contributed by atoms with Crippen LogP contribution in [0.25, 0.3) is 22.3 Å². The minimum absolute atomic E-state index is 0.0324. The van der Waals surface area contributed by atoms with Crippen molar-refractivity contribution >= 4 is 34.2 Å². The molecule has 0 spiro atoms. The summed E-state index contributed by atoms with van der Waals surface area (Å²) in [7, 11) is 0. The van der Waals surface area contributed by atoms with E-state index in [9.17, 15) is 9.59 Å². The van der Waals surface area contributed by atoms with Gasteiger partial charge >= 0.3 is 0 Å². The van der Waals surface area contributed by atoms with E-state index in [0.717, 1.165) is 5.56 Å². The van der Waals surface area contributed by atoms with Gasteiger partial charge in [0, 0.05) is 16.3 Å². The Bertz CT molecular complexity index is 1260. The number of rotatable bonds is 5. The number of carbonyl (C=O) groups excluding carboxylic acids is 1. The average molecular weight is 420 g/mol. The number of benzene rings is 3. The normalized spacial score (nSPS) is 10.7. The molecule has 1 amide bonds. The van der Waals surface area contributed by atoms with Crippen LogP contribution < -0.4 is 15.5 Å². The quantitative estimate of drug-likeness (QED) is 0.467. The predicted octanol–water partition coefficient (Wildman–Crippen LogP) is 5.44. The first-order valence-corrected chi connectivity index (χ1v) is 9.70. The average Bonchev–Trinajstić information content (AvgIpc) is 2.75. The van der Waals surface area contributed by atoms with Gasteiger partial charge in [0.1, 0.15) is 5.58 Å². The SMILES string of the molecule is Cc1ccc(NC(=O)COc2c(-c3ccccc3)oc3ccc(Cl)cc3c2=O)cc1. The number of carbonyl (C=O) groups is 1. The molecule has 0 saturated heterocycles. The molecule has 6 heteroatoms. The molecule has 30 heavy (non-hydrogen) atoms. The van der Waals surface area contributed by atoms with Crippen LogP contribution >= 0.6 is 11.6 Å². The van der Waals surface area contributed by atoms with E-state index < -0.39 is 0 Å². The summed E-state index contributed by atoms with van der Waals surface area (Å²) in [5.41, 5.74) is 2.40. The third-order valence-corrected chi connectivity index (χ3v) is 4.76. The molecule has 4 rings (SSSR count). The molecule has 0 bridgehead atoms. The van der Waals surface area contributed by atoms with Gasteiger partial charge in [-0.15, -0.1) is 0 Å². The molecule has 0 radical (unpaired) electrons. The van der Waals surface area contributed by atoms with E-state index in [0.29, 0.717) is 21.9 Å². The smallest absolute Gasteiger partial charge is 0.262 e. The Morgan fingerprint density at radius 2 is 1.77 bits per heavy atom. The molecule has 3 aromatic carbocycles. The molecule has 0 fully saturated rings. The van der Waals surface area contributed by atoms with Crippen molar-refractivity contribution < 1.29 is 13.9 Å². The number of fused-ring (bicyclic) bond motifs is 1. The van der Waals surface area contributed by atoms with Gasteiger partial charge in [-0.2, -0.15) is 0 Å². The number of halogens is 1. The standard InChI is InChI=1S/C24H18ClNO4/c1-15-7-10-18(11-8-15)26-21(27)14-29-24-22(28)19-13-17(25)9-12-20(19)30-23(24)16-5-3-2-4-6-16/h2-13H,14H2,1H3,(H,26,27). The molecule has 0 aliphatic heterocycles. The van der Waals surface area contributed by atoms with Crippen molar-refractivity contribution in [3.63, 3.8) is 0 Å². The van der Waals surface area contributed by atoms with E-state index in [1.165, 1.54) is 6.07 Å². The molecule has 4 aromatic rings. The van der Waals surface area contributed by atoms with Gasteiger partial charge in [0.05, 0.1) is 5.39 Å². The van der Waals surface area contributed by atoms with Gasteiger partial charge in [-0.3, -0.25) is 9.59 Å². The van der Waals surface area contributed by atoms with E-state index in [1.54, 1.807) is 36.4 Å². The van der Waals surface area contributed by atoms with Crippen LogP contribution in [0.5, 0.6) is 5.75 Å². The lowest BCUT2D eigenvalue weighted by Gasteiger charge is -2.12. The highest BCUT2D eigenvalue weighted by molar-refractivity contribution is 6.31. The molecular formula is C24H18ClNO4. The maximum absolute atomic E-state index is 13.1. The third kappa shape index (κ3) is 4.21. The van der Waals surface area contributed by atoms with Crippen LogP contribution in [0.4, 0.5) is 5.69 Å². The molecule has 0 unspecified atom stereocenters. The first-order chi connectivity index (χ1) is 14.5. The molecule has 0 aliphatic carbocycles. The van der Waals surface area contributed by atoms with Crippen LogP contribution in [0.15, 0.2) is 82.0 Å². The maximum Gasteiger partial charge on any atom is 0.262 e. The Hall–Kier alpha value is -3.57. The molecular weight excluding hydrogens is 402 g/mol. The number of nitrogens with one attached hydrogen (secondary N) is 1. The van der Waals surface area contributed by atoms with Crippen molar-refractivity contribution in [2.45, 2.75) is 6.92 Å². The zero-order valence-corrected chi connectivity index (χ0v) is 16.9. The second-order valence-electron chi connectivity index (χ2n) is 6.80. The lowest BCUT2D eigenvalue weighted by molar-refractivity contribution is -0.118. The summed E-state index contributed by atoms with van der Waals surface area (Å²) in [4.78, 5) is 25.5.